The third-order valence-corrected chi connectivity index (χ3v) is 4.69. The van der Waals surface area contributed by atoms with Crippen molar-refractivity contribution in [3.05, 3.63) is 47.7 Å². The van der Waals surface area contributed by atoms with Gasteiger partial charge < -0.3 is 14.4 Å². The number of fused-ring (bicyclic) bond motifs is 1. The molecule has 3 aromatic rings. The maximum absolute atomic E-state index is 12.8. The molecule has 1 aliphatic rings. The van der Waals surface area contributed by atoms with Gasteiger partial charge in [0.2, 0.25) is 5.89 Å². The fraction of sp³-hybridized carbons (Fsp3) is 0.353. The fourth-order valence-corrected chi connectivity index (χ4v) is 3.21. The molecule has 0 radical (unpaired) electrons. The van der Waals surface area contributed by atoms with Crippen LogP contribution >= 0.6 is 0 Å². The molecule has 6 heteroatoms. The van der Waals surface area contributed by atoms with Crippen LogP contribution in [-0.4, -0.2) is 20.6 Å². The lowest BCUT2D eigenvalue weighted by Gasteiger charge is -2.39. The van der Waals surface area contributed by atoms with Gasteiger partial charge in [-0.15, -0.1) is 0 Å². The highest BCUT2D eigenvalue weighted by Gasteiger charge is 2.44. The summed E-state index contributed by atoms with van der Waals surface area (Å²) < 4.78 is 7.10. The Morgan fingerprint density at radius 3 is 2.83 bits per heavy atom. The second-order valence-corrected chi connectivity index (χ2v) is 6.19. The number of amides is 1. The van der Waals surface area contributed by atoms with E-state index in [1.165, 1.54) is 0 Å². The smallest absolute Gasteiger partial charge is 0.252 e. The van der Waals surface area contributed by atoms with Crippen LogP contribution in [0.15, 0.2) is 35.0 Å². The van der Waals surface area contributed by atoms with Crippen LogP contribution in [0.2, 0.25) is 0 Å². The van der Waals surface area contributed by atoms with Crippen LogP contribution in [0, 0.1) is 6.92 Å². The molecule has 2 aromatic heterocycles. The third-order valence-electron chi connectivity index (χ3n) is 4.69. The summed E-state index contributed by atoms with van der Waals surface area (Å²) in [6.07, 6.45) is 4.68. The van der Waals surface area contributed by atoms with Crippen molar-refractivity contribution in [1.29, 1.82) is 0 Å². The highest BCUT2D eigenvalue weighted by Crippen LogP contribution is 2.40. The summed E-state index contributed by atoms with van der Waals surface area (Å²) in [6, 6.07) is 7.73. The Bertz CT molecular complexity index is 889. The molecular weight excluding hydrogens is 292 g/mol. The molecule has 6 nitrogen and oxygen atoms in total. The zero-order valence-electron chi connectivity index (χ0n) is 13.2. The molecule has 0 spiro atoms. The first-order valence-corrected chi connectivity index (χ1v) is 7.76. The minimum Gasteiger partial charge on any atom is -0.351 e. The van der Waals surface area contributed by atoms with Gasteiger partial charge in [0, 0.05) is 36.6 Å². The maximum atomic E-state index is 12.8. The topological polar surface area (TPSA) is 73.0 Å². The Labute approximate surface area is 133 Å². The van der Waals surface area contributed by atoms with Crippen LogP contribution in [0.4, 0.5) is 0 Å². The summed E-state index contributed by atoms with van der Waals surface area (Å²) in [5, 5.41) is 8.11. The summed E-state index contributed by atoms with van der Waals surface area (Å²) in [7, 11) is 1.97. The zero-order valence-corrected chi connectivity index (χ0v) is 13.2. The Morgan fingerprint density at radius 1 is 1.35 bits per heavy atom. The van der Waals surface area contributed by atoms with Crippen molar-refractivity contribution in [2.24, 2.45) is 7.05 Å². The number of nitrogens with zero attached hydrogens (tertiary/aromatic N) is 3. The van der Waals surface area contributed by atoms with Crippen LogP contribution < -0.4 is 5.32 Å². The number of aryl methyl sites for hydroxylation is 2. The number of aromatic nitrogens is 3. The maximum Gasteiger partial charge on any atom is 0.252 e. The first-order chi connectivity index (χ1) is 11.1. The molecule has 1 aliphatic carbocycles. The number of nitrogens with one attached hydrogen (secondary N) is 1. The van der Waals surface area contributed by atoms with Crippen molar-refractivity contribution in [3.63, 3.8) is 0 Å². The molecule has 1 N–H and O–H groups in total. The van der Waals surface area contributed by atoms with Gasteiger partial charge in [-0.25, -0.2) is 0 Å². The second kappa shape index (κ2) is 4.94. The van der Waals surface area contributed by atoms with E-state index in [0.717, 1.165) is 30.2 Å². The summed E-state index contributed by atoms with van der Waals surface area (Å²) in [5.41, 5.74) is 1.22. The van der Waals surface area contributed by atoms with E-state index in [0.29, 0.717) is 17.3 Å². The SMILES string of the molecule is Cc1nc(C2(NC(=O)c3cccc4c3ccn4C)CCC2)no1. The first kappa shape index (κ1) is 14.0. The van der Waals surface area contributed by atoms with Crippen LogP contribution in [0.25, 0.3) is 10.9 Å². The quantitative estimate of drug-likeness (QED) is 0.807. The van der Waals surface area contributed by atoms with Gasteiger partial charge in [-0.3, -0.25) is 4.79 Å². The lowest BCUT2D eigenvalue weighted by Crippen LogP contribution is -2.51. The van der Waals surface area contributed by atoms with E-state index in [-0.39, 0.29) is 5.91 Å². The van der Waals surface area contributed by atoms with E-state index in [2.05, 4.69) is 15.5 Å². The number of hydrogen-bond donors (Lipinski definition) is 1. The largest absolute Gasteiger partial charge is 0.351 e. The predicted octanol–water partition coefficient (Wildman–Crippen LogP) is 2.68. The molecule has 1 fully saturated rings. The normalized spacial score (nSPS) is 16.3. The molecule has 2 heterocycles. The standard InChI is InChI=1S/C17H18N4O2/c1-11-18-16(20-23-11)17(8-4-9-17)19-15(22)13-5-3-6-14-12(13)7-10-21(14)2/h3,5-7,10H,4,8-9H2,1-2H3,(H,19,22). The lowest BCUT2D eigenvalue weighted by atomic mass is 9.76. The molecule has 0 bridgehead atoms. The minimum atomic E-state index is -0.494. The van der Waals surface area contributed by atoms with Gasteiger partial charge >= 0.3 is 0 Å². The molecule has 118 valence electrons. The summed E-state index contributed by atoms with van der Waals surface area (Å²) in [6.45, 7) is 1.76. The zero-order chi connectivity index (χ0) is 16.0. The average molecular weight is 310 g/mol. The van der Waals surface area contributed by atoms with Crippen molar-refractivity contribution in [2.75, 3.05) is 0 Å². The van der Waals surface area contributed by atoms with Crippen LogP contribution in [0.5, 0.6) is 0 Å². The van der Waals surface area contributed by atoms with Gasteiger partial charge in [0.05, 0.1) is 0 Å². The van der Waals surface area contributed by atoms with E-state index in [4.69, 9.17) is 4.52 Å². The fourth-order valence-electron chi connectivity index (χ4n) is 3.21. The third kappa shape index (κ3) is 2.13. The van der Waals surface area contributed by atoms with E-state index in [1.54, 1.807) is 6.92 Å². The van der Waals surface area contributed by atoms with E-state index < -0.39 is 5.54 Å². The minimum absolute atomic E-state index is 0.0936. The molecular formula is C17H18N4O2. The Kier molecular flexibility index (Phi) is 3.01. The van der Waals surface area contributed by atoms with Gasteiger partial charge in [0.25, 0.3) is 5.91 Å². The summed E-state index contributed by atoms with van der Waals surface area (Å²) in [5.74, 6) is 1.00. The number of hydrogen-bond acceptors (Lipinski definition) is 4. The van der Waals surface area contributed by atoms with E-state index >= 15 is 0 Å². The van der Waals surface area contributed by atoms with Crippen molar-refractivity contribution < 1.29 is 9.32 Å². The van der Waals surface area contributed by atoms with Crippen LogP contribution in [0.3, 0.4) is 0 Å². The van der Waals surface area contributed by atoms with Crippen LogP contribution in [0.1, 0.15) is 41.3 Å². The highest BCUT2D eigenvalue weighted by molar-refractivity contribution is 6.06. The Hall–Kier alpha value is -2.63. The van der Waals surface area contributed by atoms with E-state index in [9.17, 15) is 4.79 Å². The molecule has 0 unspecified atom stereocenters. The van der Waals surface area contributed by atoms with Gasteiger partial charge in [-0.1, -0.05) is 11.2 Å². The van der Waals surface area contributed by atoms with Crippen molar-refractivity contribution in [1.82, 2.24) is 20.0 Å². The average Bonchev–Trinajstić information content (AvgIpc) is 3.09. The Balaban J connectivity index is 1.69. The van der Waals surface area contributed by atoms with Crippen LogP contribution in [-0.2, 0) is 12.6 Å². The first-order valence-electron chi connectivity index (χ1n) is 7.76. The number of benzene rings is 1. The molecule has 0 saturated heterocycles. The molecule has 1 amide bonds. The molecule has 0 atom stereocenters. The van der Waals surface area contributed by atoms with Crippen molar-refractivity contribution in [3.8, 4) is 0 Å². The molecule has 0 aliphatic heterocycles. The van der Waals surface area contributed by atoms with Crippen molar-refractivity contribution >= 4 is 16.8 Å². The molecule has 4 rings (SSSR count). The monoisotopic (exact) mass is 310 g/mol. The molecule has 1 saturated carbocycles. The van der Waals surface area contributed by atoms with Gasteiger partial charge in [-0.05, 0) is 37.5 Å². The number of carbonyl (C=O) groups excluding carboxylic acids is 1. The summed E-state index contributed by atoms with van der Waals surface area (Å²) >= 11 is 0. The van der Waals surface area contributed by atoms with E-state index in [1.807, 2.05) is 42.1 Å². The summed E-state index contributed by atoms with van der Waals surface area (Å²) in [4.78, 5) is 17.2. The molecule has 1 aromatic carbocycles. The van der Waals surface area contributed by atoms with Gasteiger partial charge in [-0.2, -0.15) is 4.98 Å². The van der Waals surface area contributed by atoms with Gasteiger partial charge in [0.15, 0.2) is 5.82 Å². The number of rotatable bonds is 3. The van der Waals surface area contributed by atoms with Crippen molar-refractivity contribution in [2.45, 2.75) is 31.7 Å². The highest BCUT2D eigenvalue weighted by atomic mass is 16.5. The number of carbonyl (C=O) groups is 1. The Morgan fingerprint density at radius 2 is 2.17 bits per heavy atom. The lowest BCUT2D eigenvalue weighted by molar-refractivity contribution is 0.0806. The predicted molar refractivity (Wildman–Crippen MR) is 84.9 cm³/mol. The second-order valence-electron chi connectivity index (χ2n) is 6.19. The molecule has 23 heavy (non-hydrogen) atoms. The van der Waals surface area contributed by atoms with Gasteiger partial charge in [0.1, 0.15) is 5.54 Å².